The summed E-state index contributed by atoms with van der Waals surface area (Å²) in [5.41, 5.74) is 1.03. The van der Waals surface area contributed by atoms with Gasteiger partial charge in [0.25, 0.3) is 5.91 Å². The normalized spacial score (nSPS) is 16.8. The van der Waals surface area contributed by atoms with E-state index in [9.17, 15) is 13.6 Å². The number of aryl methyl sites for hydroxylation is 1. The van der Waals surface area contributed by atoms with Gasteiger partial charge in [-0.2, -0.15) is 8.78 Å². The van der Waals surface area contributed by atoms with Crippen molar-refractivity contribution in [2.75, 3.05) is 18.8 Å². The third kappa shape index (κ3) is 4.52. The van der Waals surface area contributed by atoms with Gasteiger partial charge in [0.1, 0.15) is 4.34 Å². The molecule has 3 nitrogen and oxygen atoms in total. The molecule has 1 aliphatic heterocycles. The van der Waals surface area contributed by atoms with Crippen molar-refractivity contribution in [2.24, 2.45) is 5.92 Å². The zero-order valence-electron chi connectivity index (χ0n) is 12.6. The van der Waals surface area contributed by atoms with Crippen molar-refractivity contribution in [1.82, 2.24) is 9.88 Å². The topological polar surface area (TPSA) is 33.2 Å². The van der Waals surface area contributed by atoms with Crippen LogP contribution < -0.4 is 0 Å². The predicted molar refractivity (Wildman–Crippen MR) is 86.6 cm³/mol. The van der Waals surface area contributed by atoms with Crippen molar-refractivity contribution < 1.29 is 13.6 Å². The van der Waals surface area contributed by atoms with Crippen LogP contribution >= 0.6 is 23.1 Å². The van der Waals surface area contributed by atoms with Gasteiger partial charge in [-0.15, -0.1) is 17.9 Å². The largest absolute Gasteiger partial charge is 0.337 e. The van der Waals surface area contributed by atoms with E-state index in [1.54, 1.807) is 23.1 Å². The van der Waals surface area contributed by atoms with Gasteiger partial charge < -0.3 is 4.90 Å². The second-order valence-electron chi connectivity index (χ2n) is 5.50. The van der Waals surface area contributed by atoms with Gasteiger partial charge in [0, 0.05) is 36.3 Å². The molecule has 2 heterocycles. The lowest BCUT2D eigenvalue weighted by Gasteiger charge is -2.33. The highest BCUT2D eigenvalue weighted by Crippen LogP contribution is 2.30. The highest BCUT2D eigenvalue weighted by atomic mass is 32.2. The monoisotopic (exact) mass is 346 g/mol. The molecule has 1 aromatic heterocycles. The number of nitrogens with zero attached hydrogens (tertiary/aromatic N) is 2. The molecule has 1 aliphatic rings. The molecule has 0 saturated carbocycles. The maximum Gasteiger partial charge on any atom is 0.328 e. The van der Waals surface area contributed by atoms with Gasteiger partial charge in [0.05, 0.1) is 0 Å². The number of thioether (sulfide) groups is 1. The average molecular weight is 346 g/mol. The van der Waals surface area contributed by atoms with Crippen LogP contribution in [-0.4, -0.2) is 40.6 Å². The molecule has 22 heavy (non-hydrogen) atoms. The fourth-order valence-electron chi connectivity index (χ4n) is 2.39. The van der Waals surface area contributed by atoms with E-state index < -0.39 is 18.3 Å². The van der Waals surface area contributed by atoms with Crippen LogP contribution in [0.3, 0.4) is 0 Å². The maximum atomic E-state index is 13.6. The Kier molecular flexibility index (Phi) is 5.97. The van der Waals surface area contributed by atoms with Crippen LogP contribution in [0.4, 0.5) is 8.78 Å². The van der Waals surface area contributed by atoms with Gasteiger partial charge in [0.2, 0.25) is 0 Å². The number of allylic oxidation sites excluding steroid dienone is 1. The van der Waals surface area contributed by atoms with Gasteiger partial charge in [-0.1, -0.05) is 17.8 Å². The number of halogens is 2. The molecule has 2 rings (SSSR count). The van der Waals surface area contributed by atoms with E-state index >= 15 is 0 Å². The molecule has 0 atom stereocenters. The summed E-state index contributed by atoms with van der Waals surface area (Å²) < 4.78 is 28.2. The minimum Gasteiger partial charge on any atom is -0.337 e. The van der Waals surface area contributed by atoms with Crippen LogP contribution in [0.25, 0.3) is 0 Å². The van der Waals surface area contributed by atoms with Crippen LogP contribution in [0.15, 0.2) is 22.4 Å². The predicted octanol–water partition coefficient (Wildman–Crippen LogP) is 3.99. The molecule has 1 amide bonds. The number of carbonyl (C=O) groups is 1. The summed E-state index contributed by atoms with van der Waals surface area (Å²) in [6, 6.07) is 0. The first-order chi connectivity index (χ1) is 10.4. The Bertz CT molecular complexity index is 525. The van der Waals surface area contributed by atoms with Gasteiger partial charge in [-0.25, -0.2) is 4.98 Å². The third-order valence-corrected chi connectivity index (χ3v) is 6.03. The van der Waals surface area contributed by atoms with E-state index in [0.29, 0.717) is 19.0 Å². The Hall–Kier alpha value is -0.950. The smallest absolute Gasteiger partial charge is 0.328 e. The first-order valence-electron chi connectivity index (χ1n) is 7.25. The number of piperidine rings is 1. The molecule has 0 spiro atoms. The van der Waals surface area contributed by atoms with E-state index in [0.717, 1.165) is 34.7 Å². The van der Waals surface area contributed by atoms with Crippen molar-refractivity contribution >= 4 is 29.0 Å². The molecule has 122 valence electrons. The summed E-state index contributed by atoms with van der Waals surface area (Å²) >= 11 is 3.34. The van der Waals surface area contributed by atoms with Gasteiger partial charge in [0.15, 0.2) is 0 Å². The first-order valence-corrected chi connectivity index (χ1v) is 9.12. The lowest BCUT2D eigenvalue weighted by Crippen LogP contribution is -2.47. The van der Waals surface area contributed by atoms with Crippen LogP contribution in [0.5, 0.6) is 0 Å². The zero-order chi connectivity index (χ0) is 16.2. The molecule has 0 N–H and O–H groups in total. The van der Waals surface area contributed by atoms with E-state index in [4.69, 9.17) is 0 Å². The van der Waals surface area contributed by atoms with Gasteiger partial charge >= 0.3 is 5.92 Å². The molecule has 1 fully saturated rings. The van der Waals surface area contributed by atoms with E-state index in [1.807, 2.05) is 12.3 Å². The number of likely N-dealkylation sites (tertiary alicyclic amines) is 1. The van der Waals surface area contributed by atoms with Crippen LogP contribution in [0.1, 0.15) is 25.0 Å². The third-order valence-electron chi connectivity index (χ3n) is 3.66. The number of hydrogen-bond donors (Lipinski definition) is 0. The highest BCUT2D eigenvalue weighted by molar-refractivity contribution is 8.01. The van der Waals surface area contributed by atoms with E-state index in [1.165, 1.54) is 4.90 Å². The summed E-state index contributed by atoms with van der Waals surface area (Å²) in [7, 11) is 0. The van der Waals surface area contributed by atoms with Gasteiger partial charge in [-0.05, 0) is 25.7 Å². The number of thiazole rings is 1. The summed E-state index contributed by atoms with van der Waals surface area (Å²) in [5, 5.41) is 2.02. The SMILES string of the molecule is C=CCC(F)(F)C(=O)N1CCC(CSc2nc(C)cs2)CC1. The Morgan fingerprint density at radius 3 is 2.82 bits per heavy atom. The van der Waals surface area contributed by atoms with Crippen molar-refractivity contribution in [3.05, 3.63) is 23.7 Å². The molecule has 7 heteroatoms. The highest BCUT2D eigenvalue weighted by Gasteiger charge is 2.41. The number of amides is 1. The molecule has 0 radical (unpaired) electrons. The fourth-order valence-corrected chi connectivity index (χ4v) is 4.45. The molecule has 0 aromatic carbocycles. The van der Waals surface area contributed by atoms with Crippen molar-refractivity contribution in [3.8, 4) is 0 Å². The summed E-state index contributed by atoms with van der Waals surface area (Å²) in [6.45, 7) is 6.07. The number of hydrogen-bond acceptors (Lipinski definition) is 4. The van der Waals surface area contributed by atoms with Crippen molar-refractivity contribution in [2.45, 2.75) is 36.4 Å². The van der Waals surface area contributed by atoms with E-state index in [-0.39, 0.29) is 0 Å². The van der Waals surface area contributed by atoms with Gasteiger partial charge in [-0.3, -0.25) is 4.79 Å². The lowest BCUT2D eigenvalue weighted by atomic mass is 9.98. The number of carbonyl (C=O) groups excluding carboxylic acids is 1. The summed E-state index contributed by atoms with van der Waals surface area (Å²) in [5.74, 6) is -3.00. The lowest BCUT2D eigenvalue weighted by molar-refractivity contribution is -0.158. The zero-order valence-corrected chi connectivity index (χ0v) is 14.2. The molecule has 1 saturated heterocycles. The van der Waals surface area contributed by atoms with E-state index in [2.05, 4.69) is 11.6 Å². The average Bonchev–Trinajstić information content (AvgIpc) is 2.90. The molecule has 0 unspecified atom stereocenters. The maximum absolute atomic E-state index is 13.6. The number of rotatable bonds is 6. The van der Waals surface area contributed by atoms with Crippen LogP contribution in [0.2, 0.25) is 0 Å². The van der Waals surface area contributed by atoms with Crippen molar-refractivity contribution in [3.63, 3.8) is 0 Å². The quantitative estimate of drug-likeness (QED) is 0.577. The molecule has 1 aromatic rings. The number of alkyl halides is 2. The van der Waals surface area contributed by atoms with Crippen LogP contribution in [0, 0.1) is 12.8 Å². The van der Waals surface area contributed by atoms with Crippen LogP contribution in [-0.2, 0) is 4.79 Å². The second-order valence-corrected chi connectivity index (χ2v) is 7.62. The molecular formula is C15H20F2N2OS2. The summed E-state index contributed by atoms with van der Waals surface area (Å²) in [4.78, 5) is 17.5. The summed E-state index contributed by atoms with van der Waals surface area (Å²) in [6.07, 6.45) is 2.04. The second kappa shape index (κ2) is 7.55. The minimum atomic E-state index is -3.32. The van der Waals surface area contributed by atoms with Crippen molar-refractivity contribution in [1.29, 1.82) is 0 Å². The molecular weight excluding hydrogens is 326 g/mol. The number of aromatic nitrogens is 1. The Balaban J connectivity index is 1.78. The Morgan fingerprint density at radius 1 is 1.59 bits per heavy atom. The first kappa shape index (κ1) is 17.4. The standard InChI is InChI=1S/C15H20F2N2OS2/c1-3-6-15(16,17)13(20)19-7-4-12(5-8-19)10-22-14-18-11(2)9-21-14/h3,9,12H,1,4-8,10H2,2H3. The molecule has 0 bridgehead atoms. The Labute approximate surface area is 137 Å². The minimum absolute atomic E-state index is 0.410. The fraction of sp³-hybridized carbons (Fsp3) is 0.600. The molecule has 0 aliphatic carbocycles. The Morgan fingerprint density at radius 2 is 2.27 bits per heavy atom.